The van der Waals surface area contributed by atoms with Crippen LogP contribution < -0.4 is 0 Å². The van der Waals surface area contributed by atoms with E-state index in [9.17, 15) is 0 Å². The molecule has 0 spiro atoms. The van der Waals surface area contributed by atoms with Crippen LogP contribution in [0.1, 0.15) is 75.4 Å². The van der Waals surface area contributed by atoms with Crippen molar-refractivity contribution in [2.45, 2.75) is 71.6 Å². The molecule has 1 heteroatoms. The van der Waals surface area contributed by atoms with Gasteiger partial charge in [-0.1, -0.05) is 58.7 Å². The van der Waals surface area contributed by atoms with E-state index in [0.29, 0.717) is 5.92 Å². The van der Waals surface area contributed by atoms with E-state index >= 15 is 0 Å². The fraction of sp³-hybridized carbons (Fsp3) is 0.667. The van der Waals surface area contributed by atoms with Crippen LogP contribution in [0.4, 0.5) is 0 Å². The van der Waals surface area contributed by atoms with Crippen molar-refractivity contribution in [1.82, 2.24) is 0 Å². The van der Waals surface area contributed by atoms with Gasteiger partial charge in [0.25, 0.3) is 0 Å². The number of benzene rings is 1. The standard InChI is InChI=1S/C18H29Cl/c1-5-9-16(10-6-2)18(19)17-13-14(7-3)11-12-15(17)8-4/h11-13,16,18H,5-10H2,1-4H3. The van der Waals surface area contributed by atoms with Gasteiger partial charge in [0.05, 0.1) is 5.38 Å². The van der Waals surface area contributed by atoms with Gasteiger partial charge in [0, 0.05) is 0 Å². The summed E-state index contributed by atoms with van der Waals surface area (Å²) >= 11 is 6.84. The van der Waals surface area contributed by atoms with Gasteiger partial charge in [-0.15, -0.1) is 11.6 Å². The molecule has 0 aliphatic rings. The summed E-state index contributed by atoms with van der Waals surface area (Å²) in [6.07, 6.45) is 7.09. The summed E-state index contributed by atoms with van der Waals surface area (Å²) in [5.74, 6) is 0.620. The average Bonchev–Trinajstić information content (AvgIpc) is 2.45. The third kappa shape index (κ3) is 4.53. The Bertz CT molecular complexity index is 364. The van der Waals surface area contributed by atoms with E-state index in [1.165, 1.54) is 42.4 Å². The lowest BCUT2D eigenvalue weighted by Gasteiger charge is -2.24. The van der Waals surface area contributed by atoms with Crippen LogP contribution in [0.25, 0.3) is 0 Å². The molecule has 0 aromatic heterocycles. The average molecular weight is 281 g/mol. The second kappa shape index (κ2) is 8.64. The quantitative estimate of drug-likeness (QED) is 0.490. The van der Waals surface area contributed by atoms with Gasteiger partial charge in [-0.3, -0.25) is 0 Å². The van der Waals surface area contributed by atoms with Crippen LogP contribution in [0.15, 0.2) is 18.2 Å². The third-order valence-corrected chi connectivity index (χ3v) is 4.62. The van der Waals surface area contributed by atoms with Crippen molar-refractivity contribution in [2.75, 3.05) is 0 Å². The molecule has 0 bridgehead atoms. The smallest absolute Gasteiger partial charge is 0.0616 e. The zero-order chi connectivity index (χ0) is 14.3. The van der Waals surface area contributed by atoms with E-state index in [2.05, 4.69) is 45.9 Å². The Morgan fingerprint density at radius 1 is 0.947 bits per heavy atom. The predicted octanol–water partition coefficient (Wildman–Crippen LogP) is 6.31. The number of hydrogen-bond acceptors (Lipinski definition) is 0. The van der Waals surface area contributed by atoms with Gasteiger partial charge in [0.2, 0.25) is 0 Å². The molecule has 0 amide bonds. The highest BCUT2D eigenvalue weighted by atomic mass is 35.5. The Morgan fingerprint density at radius 3 is 2.05 bits per heavy atom. The highest BCUT2D eigenvalue weighted by Gasteiger charge is 2.21. The Kier molecular flexibility index (Phi) is 7.53. The van der Waals surface area contributed by atoms with Crippen molar-refractivity contribution in [3.63, 3.8) is 0 Å². The van der Waals surface area contributed by atoms with Crippen molar-refractivity contribution in [2.24, 2.45) is 5.92 Å². The van der Waals surface area contributed by atoms with Crippen LogP contribution >= 0.6 is 11.6 Å². The molecule has 108 valence electrons. The minimum atomic E-state index is 0.182. The van der Waals surface area contributed by atoms with E-state index in [1.807, 2.05) is 0 Å². The molecule has 1 unspecified atom stereocenters. The highest BCUT2D eigenvalue weighted by molar-refractivity contribution is 6.21. The number of rotatable bonds is 8. The predicted molar refractivity (Wildman–Crippen MR) is 87.1 cm³/mol. The molecule has 1 aromatic rings. The molecular formula is C18H29Cl. The first kappa shape index (κ1) is 16.6. The van der Waals surface area contributed by atoms with Gasteiger partial charge in [0.1, 0.15) is 0 Å². The molecule has 0 nitrogen and oxygen atoms in total. The first-order chi connectivity index (χ1) is 9.17. The zero-order valence-electron chi connectivity index (χ0n) is 13.0. The second-order valence-electron chi connectivity index (χ2n) is 5.48. The lowest BCUT2D eigenvalue weighted by molar-refractivity contribution is 0.425. The summed E-state index contributed by atoms with van der Waals surface area (Å²) < 4.78 is 0. The van der Waals surface area contributed by atoms with Crippen molar-refractivity contribution < 1.29 is 0 Å². The monoisotopic (exact) mass is 280 g/mol. The summed E-state index contributed by atoms with van der Waals surface area (Å²) in [5.41, 5.74) is 4.22. The van der Waals surface area contributed by atoms with Crippen LogP contribution in [0.5, 0.6) is 0 Å². The first-order valence-corrected chi connectivity index (χ1v) is 8.37. The maximum Gasteiger partial charge on any atom is 0.0616 e. The summed E-state index contributed by atoms with van der Waals surface area (Å²) in [6.45, 7) is 8.96. The fourth-order valence-corrected chi connectivity index (χ4v) is 3.33. The van der Waals surface area contributed by atoms with E-state index in [1.54, 1.807) is 0 Å². The van der Waals surface area contributed by atoms with Gasteiger partial charge in [-0.25, -0.2) is 0 Å². The van der Waals surface area contributed by atoms with Crippen molar-refractivity contribution >= 4 is 11.6 Å². The molecule has 0 aliphatic carbocycles. The number of alkyl halides is 1. The molecule has 0 saturated heterocycles. The molecule has 0 N–H and O–H groups in total. The van der Waals surface area contributed by atoms with Gasteiger partial charge < -0.3 is 0 Å². The van der Waals surface area contributed by atoms with Gasteiger partial charge in [-0.05, 0) is 48.3 Å². The maximum absolute atomic E-state index is 6.84. The van der Waals surface area contributed by atoms with Crippen molar-refractivity contribution in [3.05, 3.63) is 34.9 Å². The molecule has 1 aromatic carbocycles. The van der Waals surface area contributed by atoms with Crippen LogP contribution in [-0.2, 0) is 12.8 Å². The van der Waals surface area contributed by atoms with Crippen LogP contribution in [0.3, 0.4) is 0 Å². The Hall–Kier alpha value is -0.490. The van der Waals surface area contributed by atoms with Gasteiger partial charge in [0.15, 0.2) is 0 Å². The number of aryl methyl sites for hydroxylation is 2. The SMILES string of the molecule is CCCC(CCC)C(Cl)c1cc(CC)ccc1CC. The minimum Gasteiger partial charge on any atom is -0.118 e. The fourth-order valence-electron chi connectivity index (χ4n) is 2.88. The molecule has 0 radical (unpaired) electrons. The Morgan fingerprint density at radius 2 is 1.58 bits per heavy atom. The van der Waals surface area contributed by atoms with E-state index < -0.39 is 0 Å². The minimum absolute atomic E-state index is 0.182. The van der Waals surface area contributed by atoms with Crippen LogP contribution in [0.2, 0.25) is 0 Å². The molecule has 1 rings (SSSR count). The van der Waals surface area contributed by atoms with E-state index in [4.69, 9.17) is 11.6 Å². The third-order valence-electron chi connectivity index (χ3n) is 4.03. The number of halogens is 1. The number of hydrogen-bond donors (Lipinski definition) is 0. The van der Waals surface area contributed by atoms with Crippen LogP contribution in [0, 0.1) is 5.92 Å². The van der Waals surface area contributed by atoms with E-state index in [0.717, 1.165) is 12.8 Å². The van der Waals surface area contributed by atoms with Gasteiger partial charge in [-0.2, -0.15) is 0 Å². The normalized spacial score (nSPS) is 12.9. The Labute approximate surface area is 124 Å². The van der Waals surface area contributed by atoms with Crippen LogP contribution in [-0.4, -0.2) is 0 Å². The highest BCUT2D eigenvalue weighted by Crippen LogP contribution is 2.37. The first-order valence-electron chi connectivity index (χ1n) is 7.93. The van der Waals surface area contributed by atoms with E-state index in [-0.39, 0.29) is 5.38 Å². The lowest BCUT2D eigenvalue weighted by Crippen LogP contribution is -2.10. The largest absolute Gasteiger partial charge is 0.118 e. The van der Waals surface area contributed by atoms with Crippen molar-refractivity contribution in [1.29, 1.82) is 0 Å². The van der Waals surface area contributed by atoms with Crippen molar-refractivity contribution in [3.8, 4) is 0 Å². The summed E-state index contributed by atoms with van der Waals surface area (Å²) in [4.78, 5) is 0. The maximum atomic E-state index is 6.84. The molecule has 0 fully saturated rings. The summed E-state index contributed by atoms with van der Waals surface area (Å²) in [7, 11) is 0. The molecule has 0 heterocycles. The molecular weight excluding hydrogens is 252 g/mol. The molecule has 19 heavy (non-hydrogen) atoms. The Balaban J connectivity index is 3.02. The lowest BCUT2D eigenvalue weighted by atomic mass is 9.87. The zero-order valence-corrected chi connectivity index (χ0v) is 13.8. The summed E-state index contributed by atoms with van der Waals surface area (Å²) in [5, 5.41) is 0.182. The topological polar surface area (TPSA) is 0 Å². The molecule has 1 atom stereocenters. The summed E-state index contributed by atoms with van der Waals surface area (Å²) in [6, 6.07) is 6.87. The molecule has 0 aliphatic heterocycles. The van der Waals surface area contributed by atoms with Gasteiger partial charge >= 0.3 is 0 Å². The molecule has 0 saturated carbocycles. The second-order valence-corrected chi connectivity index (χ2v) is 5.95.